The van der Waals surface area contributed by atoms with Gasteiger partial charge in [-0.1, -0.05) is 54.6 Å². The van der Waals surface area contributed by atoms with Crippen LogP contribution >= 0.6 is 0 Å². The van der Waals surface area contributed by atoms with Crippen LogP contribution in [0.1, 0.15) is 37.0 Å². The Morgan fingerprint density at radius 1 is 0.974 bits per heavy atom. The number of carbonyl (C=O) groups excluding carboxylic acids is 1. The zero-order valence-corrected chi connectivity index (χ0v) is 21.4. The molecule has 1 unspecified atom stereocenters. The number of nitrogens with one attached hydrogen (secondary N) is 1. The summed E-state index contributed by atoms with van der Waals surface area (Å²) in [5.74, 6) is 0.743. The number of rotatable bonds is 10. The number of aromatic nitrogens is 4. The van der Waals surface area contributed by atoms with E-state index in [4.69, 9.17) is 15.2 Å². The number of benzene rings is 2. The second kappa shape index (κ2) is 11.0. The molecule has 3 N–H and O–H groups in total. The topological polar surface area (TPSA) is 117 Å². The normalized spacial score (nSPS) is 12.5. The van der Waals surface area contributed by atoms with Crippen LogP contribution in [-0.4, -0.2) is 37.6 Å². The number of hydrogen-bond acceptors (Lipinski definition) is 7. The Morgan fingerprint density at radius 2 is 1.76 bits per heavy atom. The van der Waals surface area contributed by atoms with Crippen LogP contribution < -0.4 is 15.8 Å². The van der Waals surface area contributed by atoms with Gasteiger partial charge in [-0.3, -0.25) is 9.20 Å². The van der Waals surface area contributed by atoms with Crippen molar-refractivity contribution < 1.29 is 14.3 Å². The minimum absolute atomic E-state index is 0.184. The minimum Gasteiger partial charge on any atom is -0.483 e. The number of fused-ring (bicyclic) bond motifs is 2. The van der Waals surface area contributed by atoms with Gasteiger partial charge in [0.25, 0.3) is 0 Å². The lowest BCUT2D eigenvalue weighted by atomic mass is 10.1. The average molecular weight is 511 g/mol. The molecule has 5 aromatic rings. The van der Waals surface area contributed by atoms with Gasteiger partial charge in [-0.2, -0.15) is 0 Å². The van der Waals surface area contributed by atoms with Crippen molar-refractivity contribution in [3.63, 3.8) is 0 Å². The van der Waals surface area contributed by atoms with Crippen molar-refractivity contribution in [1.82, 2.24) is 24.9 Å². The smallest absolute Gasteiger partial charge is 0.240 e. The number of hydrogen-bond donors (Lipinski definition) is 2. The first kappa shape index (κ1) is 25.3. The third kappa shape index (κ3) is 5.80. The fraction of sp³-hybridized carbons (Fsp3) is 0.241. The molecular formula is C29H30N6O3. The van der Waals surface area contributed by atoms with Gasteiger partial charge < -0.3 is 20.5 Å². The summed E-state index contributed by atoms with van der Waals surface area (Å²) in [5, 5.41) is 12.8. The van der Waals surface area contributed by atoms with Gasteiger partial charge in [-0.15, -0.1) is 10.2 Å². The lowest BCUT2D eigenvalue weighted by Gasteiger charge is -2.23. The summed E-state index contributed by atoms with van der Waals surface area (Å²) in [4.78, 5) is 17.5. The van der Waals surface area contributed by atoms with E-state index in [-0.39, 0.29) is 19.1 Å². The molecule has 0 aliphatic carbocycles. The van der Waals surface area contributed by atoms with Gasteiger partial charge >= 0.3 is 0 Å². The number of amides is 1. The zero-order chi connectivity index (χ0) is 26.5. The molecule has 9 heteroatoms. The van der Waals surface area contributed by atoms with Crippen molar-refractivity contribution in [3.05, 3.63) is 102 Å². The van der Waals surface area contributed by atoms with E-state index >= 15 is 0 Å². The molecule has 1 atom stereocenters. The van der Waals surface area contributed by atoms with E-state index in [2.05, 4.69) is 20.5 Å². The second-order valence-corrected chi connectivity index (χ2v) is 9.66. The number of carbonyl (C=O) groups is 1. The monoisotopic (exact) mass is 510 g/mol. The van der Waals surface area contributed by atoms with Crippen molar-refractivity contribution in [2.75, 3.05) is 6.61 Å². The fourth-order valence-corrected chi connectivity index (χ4v) is 3.99. The summed E-state index contributed by atoms with van der Waals surface area (Å²) in [5.41, 5.74) is 8.24. The molecule has 2 aromatic carbocycles. The van der Waals surface area contributed by atoms with Crippen molar-refractivity contribution in [2.45, 2.75) is 38.6 Å². The van der Waals surface area contributed by atoms with Crippen LogP contribution in [0.15, 0.2) is 85.1 Å². The highest BCUT2D eigenvalue weighted by atomic mass is 16.5. The summed E-state index contributed by atoms with van der Waals surface area (Å²) < 4.78 is 13.9. The Kier molecular flexibility index (Phi) is 7.30. The van der Waals surface area contributed by atoms with Crippen molar-refractivity contribution in [1.29, 1.82) is 0 Å². The number of ether oxygens (including phenoxy) is 2. The van der Waals surface area contributed by atoms with Crippen molar-refractivity contribution >= 4 is 22.5 Å². The lowest BCUT2D eigenvalue weighted by molar-refractivity contribution is -0.126. The van der Waals surface area contributed by atoms with Crippen molar-refractivity contribution in [3.8, 4) is 5.75 Å². The van der Waals surface area contributed by atoms with E-state index in [0.717, 1.165) is 22.2 Å². The van der Waals surface area contributed by atoms with Gasteiger partial charge in [0, 0.05) is 11.6 Å². The van der Waals surface area contributed by atoms with Gasteiger partial charge in [-0.05, 0) is 43.7 Å². The van der Waals surface area contributed by atoms with Crippen LogP contribution in [-0.2, 0) is 22.7 Å². The molecule has 9 nitrogen and oxygen atoms in total. The molecule has 3 aromatic heterocycles. The maximum Gasteiger partial charge on any atom is 0.240 e. The molecule has 0 aliphatic rings. The molecule has 38 heavy (non-hydrogen) atoms. The average Bonchev–Trinajstić information content (AvgIpc) is 3.36. The van der Waals surface area contributed by atoms with E-state index in [1.54, 1.807) is 18.2 Å². The van der Waals surface area contributed by atoms with Gasteiger partial charge in [-0.25, -0.2) is 4.98 Å². The van der Waals surface area contributed by atoms with Crippen LogP contribution in [0.25, 0.3) is 16.6 Å². The summed E-state index contributed by atoms with van der Waals surface area (Å²) in [6.45, 7) is 4.15. The first-order valence-corrected chi connectivity index (χ1v) is 12.4. The Balaban J connectivity index is 1.36. The van der Waals surface area contributed by atoms with Crippen LogP contribution in [0, 0.1) is 0 Å². The lowest BCUT2D eigenvalue weighted by Crippen LogP contribution is -2.50. The first-order valence-electron chi connectivity index (χ1n) is 12.4. The summed E-state index contributed by atoms with van der Waals surface area (Å²) in [6.07, 6.45) is 1.83. The minimum atomic E-state index is -1.07. The zero-order valence-electron chi connectivity index (χ0n) is 21.4. The number of nitrogens with two attached hydrogens (primary N) is 1. The summed E-state index contributed by atoms with van der Waals surface area (Å²) >= 11 is 0. The molecule has 0 bridgehead atoms. The molecule has 0 radical (unpaired) electrons. The van der Waals surface area contributed by atoms with E-state index < -0.39 is 11.6 Å². The molecule has 0 spiro atoms. The number of pyridine rings is 2. The highest BCUT2D eigenvalue weighted by Gasteiger charge is 2.28. The molecule has 0 aliphatic heterocycles. The van der Waals surface area contributed by atoms with Gasteiger partial charge in [0.05, 0.1) is 30.0 Å². The van der Waals surface area contributed by atoms with Gasteiger partial charge in [0.1, 0.15) is 12.6 Å². The van der Waals surface area contributed by atoms with Crippen LogP contribution in [0.3, 0.4) is 0 Å². The van der Waals surface area contributed by atoms with E-state index in [1.807, 2.05) is 85.1 Å². The van der Waals surface area contributed by atoms with Crippen LogP contribution in [0.4, 0.5) is 0 Å². The van der Waals surface area contributed by atoms with Crippen molar-refractivity contribution in [2.24, 2.45) is 5.73 Å². The maximum absolute atomic E-state index is 12.8. The van der Waals surface area contributed by atoms with E-state index in [0.29, 0.717) is 23.8 Å². The maximum atomic E-state index is 12.8. The van der Waals surface area contributed by atoms with E-state index in [9.17, 15) is 4.79 Å². The van der Waals surface area contributed by atoms with Gasteiger partial charge in [0.15, 0.2) is 11.6 Å². The van der Waals surface area contributed by atoms with Crippen LogP contribution in [0.5, 0.6) is 5.75 Å². The van der Waals surface area contributed by atoms with Crippen LogP contribution in [0.2, 0.25) is 0 Å². The fourth-order valence-electron chi connectivity index (χ4n) is 3.99. The second-order valence-electron chi connectivity index (χ2n) is 9.66. The Labute approximate surface area is 220 Å². The summed E-state index contributed by atoms with van der Waals surface area (Å²) in [6, 6.07) is 24.8. The third-order valence-corrected chi connectivity index (χ3v) is 6.06. The van der Waals surface area contributed by atoms with E-state index in [1.165, 1.54) is 0 Å². The molecule has 3 heterocycles. The number of para-hydroxylation sites is 1. The predicted molar refractivity (Wildman–Crippen MR) is 144 cm³/mol. The Hall–Kier alpha value is -4.34. The number of nitrogens with zero attached hydrogens (tertiary/aromatic N) is 4. The van der Waals surface area contributed by atoms with Gasteiger partial charge in [0.2, 0.25) is 11.6 Å². The first-order chi connectivity index (χ1) is 18.4. The molecule has 194 valence electrons. The standard InChI is InChI=1S/C29H30N6O3/c1-29(2,30)28(36)32-24(19-37-17-20-9-4-3-5-10-20)26-33-34-27-25(13-8-16-35(26)27)38-18-22-15-14-21-11-6-7-12-23(21)31-22/h3-16,24H,17-19,30H2,1-2H3,(H,32,36). The summed E-state index contributed by atoms with van der Waals surface area (Å²) in [7, 11) is 0. The largest absolute Gasteiger partial charge is 0.483 e. The molecular weight excluding hydrogens is 480 g/mol. The third-order valence-electron chi connectivity index (χ3n) is 6.06. The molecule has 0 saturated carbocycles. The Bertz CT molecular complexity index is 1540. The molecule has 1 amide bonds. The Morgan fingerprint density at radius 3 is 2.58 bits per heavy atom. The highest BCUT2D eigenvalue weighted by molar-refractivity contribution is 5.85. The SMILES string of the molecule is CC(C)(N)C(=O)NC(COCc1ccccc1)c1nnc2c(OCc3ccc4ccccc4n3)cccn12. The molecule has 0 saturated heterocycles. The molecule has 0 fully saturated rings. The molecule has 5 rings (SSSR count). The highest BCUT2D eigenvalue weighted by Crippen LogP contribution is 2.23. The predicted octanol–water partition coefficient (Wildman–Crippen LogP) is 3.97. The quantitative estimate of drug-likeness (QED) is 0.292.